The molecule has 2 heteroatoms. The van der Waals surface area contributed by atoms with Crippen molar-refractivity contribution in [3.63, 3.8) is 0 Å². The molecular weight excluding hydrogens is 150 g/mol. The Hall–Kier alpha value is -0.500. The monoisotopic (exact) mass is 165 g/mol. The third-order valence-electron chi connectivity index (χ3n) is 3.59. The van der Waals surface area contributed by atoms with Crippen molar-refractivity contribution in [2.24, 2.45) is 5.92 Å². The third-order valence-corrected chi connectivity index (χ3v) is 3.59. The van der Waals surface area contributed by atoms with Crippen LogP contribution in [0.3, 0.4) is 0 Å². The molecule has 0 aromatic heterocycles. The van der Waals surface area contributed by atoms with Gasteiger partial charge in [-0.25, -0.2) is 0 Å². The molecule has 3 atom stereocenters. The van der Waals surface area contributed by atoms with Crippen molar-refractivity contribution >= 4 is 0 Å². The van der Waals surface area contributed by atoms with Gasteiger partial charge in [-0.2, -0.15) is 0 Å². The number of hydrogen-bond donors (Lipinski definition) is 1. The summed E-state index contributed by atoms with van der Waals surface area (Å²) in [5.41, 5.74) is 1.43. The Bertz CT molecular complexity index is 236. The largest absolute Gasteiger partial charge is 0.389 e. The van der Waals surface area contributed by atoms with Gasteiger partial charge < -0.3 is 10.0 Å². The summed E-state index contributed by atoms with van der Waals surface area (Å²) in [7, 11) is 0. The van der Waals surface area contributed by atoms with Crippen LogP contribution in [0.2, 0.25) is 0 Å². The minimum atomic E-state index is -0.153. The molecule has 3 saturated heterocycles. The van der Waals surface area contributed by atoms with E-state index in [2.05, 4.69) is 11.0 Å². The highest BCUT2D eigenvalue weighted by Crippen LogP contribution is 2.42. The van der Waals surface area contributed by atoms with E-state index in [-0.39, 0.29) is 6.10 Å². The highest BCUT2D eigenvalue weighted by Gasteiger charge is 2.39. The predicted octanol–water partition coefficient (Wildman–Crippen LogP) is 1.12. The number of piperidine rings is 3. The first kappa shape index (κ1) is 6.96. The van der Waals surface area contributed by atoms with Gasteiger partial charge in [0.1, 0.15) is 0 Å². The third kappa shape index (κ3) is 0.845. The van der Waals surface area contributed by atoms with Crippen LogP contribution in [0.5, 0.6) is 0 Å². The van der Waals surface area contributed by atoms with Crippen LogP contribution in [-0.2, 0) is 0 Å². The van der Waals surface area contributed by atoms with Crippen LogP contribution in [0.15, 0.2) is 11.8 Å². The topological polar surface area (TPSA) is 23.5 Å². The predicted molar refractivity (Wildman–Crippen MR) is 46.5 cm³/mol. The molecule has 0 spiro atoms. The summed E-state index contributed by atoms with van der Waals surface area (Å²) < 4.78 is 0. The lowest BCUT2D eigenvalue weighted by atomic mass is 9.77. The highest BCUT2D eigenvalue weighted by atomic mass is 16.3. The summed E-state index contributed by atoms with van der Waals surface area (Å²) in [6, 6.07) is 0.674. The molecule has 0 aliphatic carbocycles. The standard InChI is InChI=1S/C10H15NO/c12-10-5-8-3-7-1-2-11(8)9(4-7)6-10/h5,7,9-10,12H,1-4,6H2. The molecular formula is C10H15NO. The lowest BCUT2D eigenvalue weighted by Gasteiger charge is -2.51. The number of aliphatic hydroxyl groups is 1. The molecule has 0 amide bonds. The average molecular weight is 165 g/mol. The van der Waals surface area contributed by atoms with Crippen LogP contribution in [-0.4, -0.2) is 28.7 Å². The maximum Gasteiger partial charge on any atom is 0.0760 e. The van der Waals surface area contributed by atoms with Gasteiger partial charge in [-0.15, -0.1) is 0 Å². The Morgan fingerprint density at radius 1 is 1.42 bits per heavy atom. The minimum absolute atomic E-state index is 0.153. The lowest BCUT2D eigenvalue weighted by Crippen LogP contribution is -2.51. The minimum Gasteiger partial charge on any atom is -0.389 e. The zero-order chi connectivity index (χ0) is 8.13. The van der Waals surface area contributed by atoms with E-state index in [9.17, 15) is 5.11 Å². The highest BCUT2D eigenvalue weighted by molar-refractivity contribution is 5.17. The first-order valence-electron chi connectivity index (χ1n) is 4.98. The number of fused-ring (bicyclic) bond motifs is 1. The van der Waals surface area contributed by atoms with E-state index in [4.69, 9.17) is 0 Å². The molecule has 66 valence electrons. The molecule has 0 saturated carbocycles. The maximum absolute atomic E-state index is 9.54. The van der Waals surface area contributed by atoms with Crippen LogP contribution in [0.4, 0.5) is 0 Å². The molecule has 12 heavy (non-hydrogen) atoms. The fraction of sp³-hybridized carbons (Fsp3) is 0.800. The molecule has 0 aromatic carbocycles. The summed E-state index contributed by atoms with van der Waals surface area (Å²) in [5, 5.41) is 9.54. The quantitative estimate of drug-likeness (QED) is 0.581. The summed E-state index contributed by atoms with van der Waals surface area (Å²) >= 11 is 0. The van der Waals surface area contributed by atoms with E-state index >= 15 is 0 Å². The van der Waals surface area contributed by atoms with E-state index in [1.807, 2.05) is 0 Å². The van der Waals surface area contributed by atoms with E-state index in [1.54, 1.807) is 0 Å². The van der Waals surface area contributed by atoms with Crippen molar-refractivity contribution in [2.45, 2.75) is 37.8 Å². The first-order chi connectivity index (χ1) is 5.83. The zero-order valence-corrected chi connectivity index (χ0v) is 7.24. The van der Waals surface area contributed by atoms with Crippen molar-refractivity contribution in [1.29, 1.82) is 0 Å². The van der Waals surface area contributed by atoms with Gasteiger partial charge in [-0.05, 0) is 37.7 Å². The fourth-order valence-corrected chi connectivity index (χ4v) is 3.07. The molecule has 4 aliphatic heterocycles. The average Bonchev–Trinajstić information content (AvgIpc) is 2.03. The molecule has 0 radical (unpaired) electrons. The van der Waals surface area contributed by atoms with Gasteiger partial charge >= 0.3 is 0 Å². The molecule has 3 unspecified atom stereocenters. The SMILES string of the molecule is OC1C=C2CC3CCN2C(C1)C3. The number of aliphatic hydroxyl groups excluding tert-OH is 1. The molecule has 1 N–H and O–H groups in total. The number of nitrogens with zero attached hydrogens (tertiary/aromatic N) is 1. The fourth-order valence-electron chi connectivity index (χ4n) is 3.07. The lowest BCUT2D eigenvalue weighted by molar-refractivity contribution is 0.0404. The van der Waals surface area contributed by atoms with Gasteiger partial charge in [0.2, 0.25) is 0 Å². The molecule has 3 fully saturated rings. The van der Waals surface area contributed by atoms with Crippen LogP contribution in [0.25, 0.3) is 0 Å². The first-order valence-corrected chi connectivity index (χ1v) is 4.98. The summed E-state index contributed by atoms with van der Waals surface area (Å²) in [5.74, 6) is 0.929. The van der Waals surface area contributed by atoms with Crippen LogP contribution in [0.1, 0.15) is 25.7 Å². The second-order valence-corrected chi connectivity index (χ2v) is 4.40. The Kier molecular flexibility index (Phi) is 1.31. The van der Waals surface area contributed by atoms with Crippen LogP contribution in [0, 0.1) is 5.92 Å². The van der Waals surface area contributed by atoms with Gasteiger partial charge in [0, 0.05) is 18.3 Å². The summed E-state index contributed by atoms with van der Waals surface area (Å²) in [6.45, 7) is 1.24. The summed E-state index contributed by atoms with van der Waals surface area (Å²) in [4.78, 5) is 2.52. The smallest absolute Gasteiger partial charge is 0.0760 e. The van der Waals surface area contributed by atoms with E-state index in [0.29, 0.717) is 6.04 Å². The number of rotatable bonds is 0. The zero-order valence-electron chi connectivity index (χ0n) is 7.24. The summed E-state index contributed by atoms with van der Waals surface area (Å²) in [6.07, 6.45) is 6.83. The van der Waals surface area contributed by atoms with E-state index in [0.717, 1.165) is 12.3 Å². The van der Waals surface area contributed by atoms with Gasteiger partial charge in [0.15, 0.2) is 0 Å². The molecule has 4 aliphatic rings. The Morgan fingerprint density at radius 3 is 3.08 bits per heavy atom. The van der Waals surface area contributed by atoms with Crippen molar-refractivity contribution in [1.82, 2.24) is 4.90 Å². The van der Waals surface area contributed by atoms with Crippen LogP contribution >= 0.6 is 0 Å². The molecule has 0 aromatic rings. The van der Waals surface area contributed by atoms with E-state index < -0.39 is 0 Å². The van der Waals surface area contributed by atoms with Crippen molar-refractivity contribution in [3.8, 4) is 0 Å². The van der Waals surface area contributed by atoms with Gasteiger partial charge in [0.25, 0.3) is 0 Å². The van der Waals surface area contributed by atoms with Crippen molar-refractivity contribution in [3.05, 3.63) is 11.8 Å². The Balaban J connectivity index is 1.98. The van der Waals surface area contributed by atoms with Crippen molar-refractivity contribution in [2.75, 3.05) is 6.54 Å². The second-order valence-electron chi connectivity index (χ2n) is 4.40. The molecule has 4 bridgehead atoms. The normalized spacial score (nSPS) is 44.6. The van der Waals surface area contributed by atoms with Crippen molar-refractivity contribution < 1.29 is 5.11 Å². The number of hydrogen-bond acceptors (Lipinski definition) is 2. The molecule has 4 heterocycles. The van der Waals surface area contributed by atoms with Gasteiger partial charge in [0.05, 0.1) is 6.10 Å². The second kappa shape index (κ2) is 2.25. The molecule has 4 rings (SSSR count). The van der Waals surface area contributed by atoms with Gasteiger partial charge in [-0.1, -0.05) is 0 Å². The maximum atomic E-state index is 9.54. The Morgan fingerprint density at radius 2 is 2.33 bits per heavy atom. The number of allylic oxidation sites excluding steroid dienone is 1. The van der Waals surface area contributed by atoms with E-state index in [1.165, 1.54) is 31.5 Å². The molecule has 2 nitrogen and oxygen atoms in total. The van der Waals surface area contributed by atoms with Gasteiger partial charge in [-0.3, -0.25) is 0 Å². The van der Waals surface area contributed by atoms with Crippen LogP contribution < -0.4 is 0 Å². The Labute approximate surface area is 72.9 Å².